The lowest BCUT2D eigenvalue weighted by Gasteiger charge is -2.10. The number of hydrogen-bond acceptors (Lipinski definition) is 4. The molecule has 0 unspecified atom stereocenters. The number of benzene rings is 1. The van der Waals surface area contributed by atoms with Crippen LogP contribution in [-0.2, 0) is 13.1 Å². The number of nitrogens with zero attached hydrogens (tertiary/aromatic N) is 5. The molecule has 0 spiro atoms. The summed E-state index contributed by atoms with van der Waals surface area (Å²) in [7, 11) is 0. The van der Waals surface area contributed by atoms with Crippen LogP contribution < -0.4 is 5.32 Å². The van der Waals surface area contributed by atoms with Crippen LogP contribution >= 0.6 is 0 Å². The number of hydrogen-bond donors (Lipinski definition) is 1. The van der Waals surface area contributed by atoms with Crippen LogP contribution in [-0.4, -0.2) is 30.5 Å². The summed E-state index contributed by atoms with van der Waals surface area (Å²) in [4.78, 5) is 18.2. The number of rotatable bonds is 6. The lowest BCUT2D eigenvalue weighted by Crippen LogP contribution is -2.24. The first kappa shape index (κ1) is 19.5. The predicted octanol–water partition coefficient (Wildman–Crippen LogP) is 4.06. The topological polar surface area (TPSA) is 77.6 Å². The molecule has 1 fully saturated rings. The van der Waals surface area contributed by atoms with Gasteiger partial charge in [-0.15, -0.1) is 0 Å². The van der Waals surface area contributed by atoms with E-state index in [1.165, 1.54) is 0 Å². The third kappa shape index (κ3) is 3.50. The van der Waals surface area contributed by atoms with Gasteiger partial charge in [-0.3, -0.25) is 9.48 Å². The van der Waals surface area contributed by atoms with Crippen molar-refractivity contribution in [2.75, 3.05) is 0 Å². The number of amides is 1. The Balaban J connectivity index is 1.55. The van der Waals surface area contributed by atoms with Crippen molar-refractivity contribution in [1.82, 2.24) is 29.9 Å². The summed E-state index contributed by atoms with van der Waals surface area (Å²) in [6, 6.07) is 11.9. The standard InChI is InChI=1S/C24H26N6O/c1-4-29-16(3)18(14-26-29)13-25-24(31)20-12-21(17-10-11-17)27-23-22(20)15(2)28-30(23)19-8-6-5-7-9-19/h5-9,12,14,17H,4,10-11,13H2,1-3H3,(H,25,31). The molecular weight excluding hydrogens is 388 g/mol. The van der Waals surface area contributed by atoms with Crippen LogP contribution in [0, 0.1) is 13.8 Å². The van der Waals surface area contributed by atoms with Crippen LogP contribution in [0.3, 0.4) is 0 Å². The van der Waals surface area contributed by atoms with E-state index >= 15 is 0 Å². The maximum atomic E-state index is 13.3. The van der Waals surface area contributed by atoms with E-state index in [2.05, 4.69) is 17.3 Å². The summed E-state index contributed by atoms with van der Waals surface area (Å²) in [5.74, 6) is 0.328. The fourth-order valence-corrected chi connectivity index (χ4v) is 4.07. The van der Waals surface area contributed by atoms with Gasteiger partial charge in [0.25, 0.3) is 5.91 Å². The van der Waals surface area contributed by atoms with Crippen molar-refractivity contribution < 1.29 is 4.79 Å². The molecule has 0 radical (unpaired) electrons. The van der Waals surface area contributed by atoms with Crippen molar-refractivity contribution in [3.8, 4) is 5.69 Å². The van der Waals surface area contributed by atoms with Crippen LogP contribution in [0.5, 0.6) is 0 Å². The highest BCUT2D eigenvalue weighted by Gasteiger charge is 2.29. The summed E-state index contributed by atoms with van der Waals surface area (Å²) in [5.41, 5.74) is 6.21. The highest BCUT2D eigenvalue weighted by Crippen LogP contribution is 2.40. The molecule has 0 aliphatic heterocycles. The molecular formula is C24H26N6O. The molecule has 31 heavy (non-hydrogen) atoms. The van der Waals surface area contributed by atoms with Crippen LogP contribution in [0.2, 0.25) is 0 Å². The van der Waals surface area contributed by atoms with Crippen LogP contribution in [0.15, 0.2) is 42.6 Å². The summed E-state index contributed by atoms with van der Waals surface area (Å²) >= 11 is 0. The van der Waals surface area contributed by atoms with Gasteiger partial charge in [-0.2, -0.15) is 10.2 Å². The van der Waals surface area contributed by atoms with Gasteiger partial charge in [0.1, 0.15) is 0 Å². The molecule has 3 heterocycles. The van der Waals surface area contributed by atoms with E-state index in [1.807, 2.05) is 65.8 Å². The number of aromatic nitrogens is 5. The van der Waals surface area contributed by atoms with Gasteiger partial charge in [-0.25, -0.2) is 9.67 Å². The van der Waals surface area contributed by atoms with Gasteiger partial charge in [0.15, 0.2) is 5.65 Å². The average molecular weight is 415 g/mol. The van der Waals surface area contributed by atoms with Gasteiger partial charge >= 0.3 is 0 Å². The van der Waals surface area contributed by atoms with E-state index < -0.39 is 0 Å². The Morgan fingerprint density at radius 3 is 2.65 bits per heavy atom. The molecule has 1 N–H and O–H groups in total. The first-order valence-corrected chi connectivity index (χ1v) is 10.8. The molecule has 0 bridgehead atoms. The molecule has 7 heteroatoms. The number of fused-ring (bicyclic) bond motifs is 1. The summed E-state index contributed by atoms with van der Waals surface area (Å²) < 4.78 is 3.79. The van der Waals surface area contributed by atoms with Gasteiger partial charge in [-0.1, -0.05) is 18.2 Å². The lowest BCUT2D eigenvalue weighted by molar-refractivity contribution is 0.0952. The van der Waals surface area contributed by atoms with E-state index in [0.29, 0.717) is 18.0 Å². The van der Waals surface area contributed by atoms with E-state index in [1.54, 1.807) is 0 Å². The van der Waals surface area contributed by atoms with Crippen molar-refractivity contribution in [3.63, 3.8) is 0 Å². The zero-order valence-corrected chi connectivity index (χ0v) is 18.1. The largest absolute Gasteiger partial charge is 0.348 e. The lowest BCUT2D eigenvalue weighted by atomic mass is 10.1. The maximum Gasteiger partial charge on any atom is 0.252 e. The molecule has 4 aromatic rings. The molecule has 1 amide bonds. The summed E-state index contributed by atoms with van der Waals surface area (Å²) in [5, 5.41) is 13.0. The molecule has 5 rings (SSSR count). The second kappa shape index (κ2) is 7.65. The monoisotopic (exact) mass is 414 g/mol. The quantitative estimate of drug-likeness (QED) is 0.516. The SMILES string of the molecule is CCn1ncc(CNC(=O)c2cc(C3CC3)nc3c2c(C)nn3-c2ccccc2)c1C. The first-order valence-electron chi connectivity index (χ1n) is 10.8. The van der Waals surface area contributed by atoms with Crippen molar-refractivity contribution in [3.05, 3.63) is 70.8 Å². The Labute approximate surface area is 181 Å². The van der Waals surface area contributed by atoms with E-state index in [4.69, 9.17) is 10.1 Å². The number of aryl methyl sites for hydroxylation is 2. The van der Waals surface area contributed by atoms with E-state index in [0.717, 1.165) is 58.8 Å². The smallest absolute Gasteiger partial charge is 0.252 e. The normalized spacial score (nSPS) is 13.6. The molecule has 1 aromatic carbocycles. The minimum Gasteiger partial charge on any atom is -0.348 e. The number of carbonyl (C=O) groups excluding carboxylic acids is 1. The first-order chi connectivity index (χ1) is 15.1. The molecule has 158 valence electrons. The molecule has 7 nitrogen and oxygen atoms in total. The van der Waals surface area contributed by atoms with Crippen LogP contribution in [0.1, 0.15) is 58.7 Å². The average Bonchev–Trinajstić information content (AvgIpc) is 3.51. The van der Waals surface area contributed by atoms with Crippen molar-refractivity contribution in [1.29, 1.82) is 0 Å². The van der Waals surface area contributed by atoms with Gasteiger partial charge < -0.3 is 5.32 Å². The second-order valence-corrected chi connectivity index (χ2v) is 8.15. The second-order valence-electron chi connectivity index (χ2n) is 8.15. The van der Waals surface area contributed by atoms with Crippen LogP contribution in [0.4, 0.5) is 0 Å². The highest BCUT2D eigenvalue weighted by atomic mass is 16.1. The summed E-state index contributed by atoms with van der Waals surface area (Å²) in [6.07, 6.45) is 4.07. The predicted molar refractivity (Wildman–Crippen MR) is 119 cm³/mol. The number of pyridine rings is 1. The molecule has 1 aliphatic carbocycles. The van der Waals surface area contributed by atoms with Gasteiger partial charge in [0.05, 0.1) is 28.5 Å². The van der Waals surface area contributed by atoms with E-state index in [9.17, 15) is 4.79 Å². The van der Waals surface area contributed by atoms with Crippen LogP contribution in [0.25, 0.3) is 16.7 Å². The van der Waals surface area contributed by atoms with Gasteiger partial charge in [-0.05, 0) is 51.8 Å². The van der Waals surface area contributed by atoms with Gasteiger partial charge in [0.2, 0.25) is 0 Å². The Morgan fingerprint density at radius 1 is 1.19 bits per heavy atom. The Kier molecular flexibility index (Phi) is 4.81. The Morgan fingerprint density at radius 2 is 1.97 bits per heavy atom. The van der Waals surface area contributed by atoms with Crippen molar-refractivity contribution in [2.24, 2.45) is 0 Å². The molecule has 3 aromatic heterocycles. The fourth-order valence-electron chi connectivity index (χ4n) is 4.07. The fraction of sp³-hybridized carbons (Fsp3) is 0.333. The molecule has 0 saturated heterocycles. The minimum atomic E-state index is -0.103. The van der Waals surface area contributed by atoms with Gasteiger partial charge in [0, 0.05) is 36.0 Å². The zero-order valence-electron chi connectivity index (χ0n) is 18.1. The van der Waals surface area contributed by atoms with Crippen molar-refractivity contribution in [2.45, 2.75) is 52.6 Å². The summed E-state index contributed by atoms with van der Waals surface area (Å²) in [6.45, 7) is 7.28. The zero-order chi connectivity index (χ0) is 21.5. The Bertz CT molecular complexity index is 1270. The van der Waals surface area contributed by atoms with E-state index in [-0.39, 0.29) is 5.91 Å². The highest BCUT2D eigenvalue weighted by molar-refractivity contribution is 6.06. The number of para-hydroxylation sites is 1. The third-order valence-corrected chi connectivity index (χ3v) is 6.02. The Hall–Kier alpha value is -3.48. The number of carbonyl (C=O) groups is 1. The van der Waals surface area contributed by atoms with Crippen molar-refractivity contribution >= 4 is 16.9 Å². The molecule has 1 aliphatic rings. The third-order valence-electron chi connectivity index (χ3n) is 6.02. The maximum absolute atomic E-state index is 13.3. The minimum absolute atomic E-state index is 0.103. The molecule has 0 atom stereocenters. The molecule has 1 saturated carbocycles. The number of nitrogens with one attached hydrogen (secondary N) is 1.